The molecule has 2 heteroatoms. The van der Waals surface area contributed by atoms with Gasteiger partial charge in [-0.05, 0) is 27.0 Å². The van der Waals surface area contributed by atoms with Crippen molar-refractivity contribution in [3.8, 4) is 0 Å². The minimum absolute atomic E-state index is 0.101. The number of rotatable bonds is 5. The van der Waals surface area contributed by atoms with Gasteiger partial charge >= 0.3 is 0 Å². The first-order valence-electron chi connectivity index (χ1n) is 7.94. The monoisotopic (exact) mass is 374 g/mol. The van der Waals surface area contributed by atoms with Crippen LogP contribution < -0.4 is 0 Å². The Balaban J connectivity index is 2.57. The van der Waals surface area contributed by atoms with Gasteiger partial charge in [-0.3, -0.25) is 0 Å². The fraction of sp³-hybridized carbons (Fsp3) is 0.400. The summed E-state index contributed by atoms with van der Waals surface area (Å²) in [4.78, 5) is 0. The third-order valence-electron chi connectivity index (χ3n) is 6.02. The van der Waals surface area contributed by atoms with Crippen LogP contribution in [0.1, 0.15) is 45.7 Å². The Morgan fingerprint density at radius 2 is 0.955 bits per heavy atom. The molecule has 0 aliphatic heterocycles. The van der Waals surface area contributed by atoms with Gasteiger partial charge in [0.2, 0.25) is 0 Å². The maximum absolute atomic E-state index is 3.98. The largest absolute Gasteiger partial charge is 0.135 e. The third kappa shape index (κ3) is 2.72. The lowest BCUT2D eigenvalue weighted by atomic mass is 9.59. The second-order valence-corrected chi connectivity index (χ2v) is 10.8. The van der Waals surface area contributed by atoms with Crippen molar-refractivity contribution in [2.24, 2.45) is 0 Å². The fourth-order valence-electron chi connectivity index (χ4n) is 3.46. The van der Waals surface area contributed by atoms with Gasteiger partial charge in [0.15, 0.2) is 0 Å². The van der Waals surface area contributed by atoms with Crippen LogP contribution in [0.15, 0.2) is 60.7 Å². The number of hydrogen-bond donors (Lipinski definition) is 0. The molecule has 0 saturated carbocycles. The lowest BCUT2D eigenvalue weighted by molar-refractivity contribution is 0.242. The SMILES string of the molecule is CC(C)(c1ccccc1)C(C)([SiH2]Br)C(C)(C)c1ccccc1. The molecule has 0 N–H and O–H groups in total. The van der Waals surface area contributed by atoms with Gasteiger partial charge in [-0.15, -0.1) is 15.3 Å². The second kappa shape index (κ2) is 6.33. The minimum atomic E-state index is -0.452. The summed E-state index contributed by atoms with van der Waals surface area (Å²) in [6.07, 6.45) is 0. The maximum Gasteiger partial charge on any atom is 0.106 e. The van der Waals surface area contributed by atoms with Crippen molar-refractivity contribution in [2.45, 2.75) is 50.5 Å². The summed E-state index contributed by atoms with van der Waals surface area (Å²) in [6, 6.07) is 21.9. The molecular formula is C20H27BrSi. The summed E-state index contributed by atoms with van der Waals surface area (Å²) in [5, 5.41) is 0.197. The molecule has 2 aromatic carbocycles. The zero-order valence-corrected chi connectivity index (χ0v) is 17.4. The Kier molecular flexibility index (Phi) is 5.03. The molecular weight excluding hydrogens is 348 g/mol. The summed E-state index contributed by atoms with van der Waals surface area (Å²) in [5.74, 6) is 0. The van der Waals surface area contributed by atoms with Gasteiger partial charge in [-0.25, -0.2) is 0 Å². The lowest BCUT2D eigenvalue weighted by Gasteiger charge is -2.54. The van der Waals surface area contributed by atoms with Gasteiger partial charge in [0.25, 0.3) is 0 Å². The van der Waals surface area contributed by atoms with Crippen molar-refractivity contribution in [3.05, 3.63) is 71.8 Å². The van der Waals surface area contributed by atoms with Crippen molar-refractivity contribution >= 4 is 23.4 Å². The molecule has 22 heavy (non-hydrogen) atoms. The highest BCUT2D eigenvalue weighted by Gasteiger charge is 2.52. The third-order valence-corrected chi connectivity index (χ3v) is 11.7. The van der Waals surface area contributed by atoms with Crippen LogP contribution >= 0.6 is 15.3 Å². The zero-order valence-electron chi connectivity index (χ0n) is 14.4. The summed E-state index contributed by atoms with van der Waals surface area (Å²) in [6.45, 7) is 12.1. The molecule has 0 nitrogen and oxygen atoms in total. The number of halogens is 1. The van der Waals surface area contributed by atoms with Crippen LogP contribution in [-0.4, -0.2) is 8.14 Å². The van der Waals surface area contributed by atoms with E-state index in [0.717, 1.165) is 0 Å². The molecule has 2 aromatic rings. The Bertz CT molecular complexity index is 551. The summed E-state index contributed by atoms with van der Waals surface area (Å²) in [5.41, 5.74) is 3.05. The van der Waals surface area contributed by atoms with Crippen LogP contribution in [0.5, 0.6) is 0 Å². The van der Waals surface area contributed by atoms with Crippen LogP contribution in [0.3, 0.4) is 0 Å². The van der Waals surface area contributed by atoms with Gasteiger partial charge in [0.1, 0.15) is 8.14 Å². The smallest absolute Gasteiger partial charge is 0.106 e. The molecule has 0 amide bonds. The van der Waals surface area contributed by atoms with E-state index in [1.807, 2.05) is 0 Å². The summed E-state index contributed by atoms with van der Waals surface area (Å²) in [7, 11) is -0.452. The molecule has 0 aliphatic rings. The van der Waals surface area contributed by atoms with Crippen LogP contribution in [0.25, 0.3) is 0 Å². The Morgan fingerprint density at radius 1 is 0.636 bits per heavy atom. The predicted molar refractivity (Wildman–Crippen MR) is 105 cm³/mol. The molecule has 0 bridgehead atoms. The van der Waals surface area contributed by atoms with Crippen LogP contribution in [0.4, 0.5) is 0 Å². The molecule has 0 saturated heterocycles. The van der Waals surface area contributed by atoms with Crippen LogP contribution in [-0.2, 0) is 10.8 Å². The van der Waals surface area contributed by atoms with Gasteiger partial charge in [-0.2, -0.15) is 0 Å². The fourth-order valence-corrected chi connectivity index (χ4v) is 8.74. The van der Waals surface area contributed by atoms with E-state index in [2.05, 4.69) is 111 Å². The molecule has 2 rings (SSSR count). The molecule has 0 fully saturated rings. The maximum atomic E-state index is 3.98. The van der Waals surface area contributed by atoms with Gasteiger partial charge in [0.05, 0.1) is 0 Å². The Labute approximate surface area is 145 Å². The van der Waals surface area contributed by atoms with Gasteiger partial charge < -0.3 is 0 Å². The lowest BCUT2D eigenvalue weighted by Crippen LogP contribution is -2.48. The van der Waals surface area contributed by atoms with E-state index >= 15 is 0 Å². The molecule has 0 heterocycles. The molecule has 0 spiro atoms. The van der Waals surface area contributed by atoms with Crippen molar-refractivity contribution in [3.63, 3.8) is 0 Å². The molecule has 0 radical (unpaired) electrons. The highest BCUT2D eigenvalue weighted by Crippen LogP contribution is 2.59. The minimum Gasteiger partial charge on any atom is -0.135 e. The average Bonchev–Trinajstić information content (AvgIpc) is 2.55. The molecule has 0 unspecified atom stereocenters. The van der Waals surface area contributed by atoms with E-state index < -0.39 is 8.14 Å². The van der Waals surface area contributed by atoms with Gasteiger partial charge in [-0.1, -0.05) is 95.3 Å². The standard InChI is InChI=1S/C20H27BrSi/c1-18(2,16-12-8-6-9-13-16)20(5,22-21)19(3,4)17-14-10-7-11-15-17/h6-15H,22H2,1-5H3. The van der Waals surface area contributed by atoms with Crippen molar-refractivity contribution in [2.75, 3.05) is 0 Å². The molecule has 0 aliphatic carbocycles. The number of hydrogen-bond acceptors (Lipinski definition) is 0. The van der Waals surface area contributed by atoms with E-state index in [1.54, 1.807) is 0 Å². The van der Waals surface area contributed by atoms with E-state index in [-0.39, 0.29) is 15.9 Å². The average molecular weight is 375 g/mol. The van der Waals surface area contributed by atoms with E-state index in [1.165, 1.54) is 11.1 Å². The van der Waals surface area contributed by atoms with E-state index in [4.69, 9.17) is 0 Å². The van der Waals surface area contributed by atoms with Crippen molar-refractivity contribution in [1.29, 1.82) is 0 Å². The first kappa shape index (κ1) is 17.5. The predicted octanol–water partition coefficient (Wildman–Crippen LogP) is 5.60. The first-order chi connectivity index (χ1) is 10.3. The van der Waals surface area contributed by atoms with Crippen molar-refractivity contribution < 1.29 is 0 Å². The Morgan fingerprint density at radius 3 is 1.23 bits per heavy atom. The summed E-state index contributed by atoms with van der Waals surface area (Å²) >= 11 is 3.98. The molecule has 118 valence electrons. The highest BCUT2D eigenvalue weighted by atomic mass is 79.9. The van der Waals surface area contributed by atoms with Crippen molar-refractivity contribution in [1.82, 2.24) is 0 Å². The van der Waals surface area contributed by atoms with E-state index in [9.17, 15) is 0 Å². The topological polar surface area (TPSA) is 0 Å². The number of benzene rings is 2. The Hall–Kier alpha value is -0.863. The van der Waals surface area contributed by atoms with Gasteiger partial charge in [0, 0.05) is 0 Å². The first-order valence-corrected chi connectivity index (χ1v) is 12.5. The second-order valence-electron chi connectivity index (χ2n) is 7.45. The highest BCUT2D eigenvalue weighted by molar-refractivity contribution is 9.23. The van der Waals surface area contributed by atoms with Crippen LogP contribution in [0, 0.1) is 0 Å². The summed E-state index contributed by atoms with van der Waals surface area (Å²) < 4.78 is 0. The molecule has 0 atom stereocenters. The molecule has 0 aromatic heterocycles. The van der Waals surface area contributed by atoms with E-state index in [0.29, 0.717) is 0 Å². The van der Waals surface area contributed by atoms with Crippen LogP contribution in [0.2, 0.25) is 5.04 Å². The normalized spacial score (nSPS) is 13.7. The quantitative estimate of drug-likeness (QED) is 0.471. The zero-order chi connectivity index (χ0) is 16.4.